The van der Waals surface area contributed by atoms with Gasteiger partial charge in [0.2, 0.25) is 0 Å². The number of nitrogens with two attached hydrogens (primary N) is 1. The summed E-state index contributed by atoms with van der Waals surface area (Å²) in [4.78, 5) is 10.0. The molecule has 0 spiro atoms. The average molecular weight is 125 g/mol. The molecule has 0 aliphatic carbocycles. The maximum absolute atomic E-state index is 10.0. The van der Waals surface area contributed by atoms with Gasteiger partial charge >= 0.3 is 0 Å². The lowest BCUT2D eigenvalue weighted by atomic mass is 10.2. The molecule has 0 aromatic carbocycles. The molecule has 0 bridgehead atoms. The molecule has 0 rings (SSSR count). The van der Waals surface area contributed by atoms with Gasteiger partial charge in [-0.15, -0.1) is 0 Å². The first-order valence-corrected chi connectivity index (χ1v) is 2.76. The van der Waals surface area contributed by atoms with E-state index in [0.717, 1.165) is 6.29 Å². The molecule has 9 heavy (non-hydrogen) atoms. The summed E-state index contributed by atoms with van der Waals surface area (Å²) in [7, 11) is 0. The van der Waals surface area contributed by atoms with Crippen molar-refractivity contribution in [3.63, 3.8) is 0 Å². The van der Waals surface area contributed by atoms with Crippen LogP contribution < -0.4 is 5.73 Å². The summed E-state index contributed by atoms with van der Waals surface area (Å²) in [5.74, 6) is 0. The summed E-state index contributed by atoms with van der Waals surface area (Å²) >= 11 is 0. The Hall–Kier alpha value is -1.05. The number of allylic oxidation sites excluding steroid dienone is 3. The van der Waals surface area contributed by atoms with Crippen molar-refractivity contribution < 1.29 is 4.79 Å². The summed E-state index contributed by atoms with van der Waals surface area (Å²) in [5, 5.41) is 0. The van der Waals surface area contributed by atoms with Crippen LogP contribution in [-0.2, 0) is 4.79 Å². The van der Waals surface area contributed by atoms with Crippen molar-refractivity contribution in [3.05, 3.63) is 23.4 Å². The number of hydrogen-bond donors (Lipinski definition) is 1. The lowest BCUT2D eigenvalue weighted by molar-refractivity contribution is -0.104. The van der Waals surface area contributed by atoms with Gasteiger partial charge in [-0.3, -0.25) is 4.79 Å². The van der Waals surface area contributed by atoms with Crippen molar-refractivity contribution in [2.45, 2.75) is 13.8 Å². The molecule has 0 aliphatic heterocycles. The fourth-order valence-electron chi connectivity index (χ4n) is 0.379. The van der Waals surface area contributed by atoms with Crippen LogP contribution in [0.3, 0.4) is 0 Å². The zero-order valence-corrected chi connectivity index (χ0v) is 5.72. The third-order valence-corrected chi connectivity index (χ3v) is 0.978. The first kappa shape index (κ1) is 7.95. The predicted molar refractivity (Wildman–Crippen MR) is 37.8 cm³/mol. The van der Waals surface area contributed by atoms with E-state index in [4.69, 9.17) is 5.73 Å². The van der Waals surface area contributed by atoms with Crippen molar-refractivity contribution in [1.82, 2.24) is 0 Å². The van der Waals surface area contributed by atoms with E-state index in [2.05, 4.69) is 0 Å². The largest absolute Gasteiger partial charge is 0.398 e. The molecule has 0 unspecified atom stereocenters. The zero-order chi connectivity index (χ0) is 7.28. The van der Waals surface area contributed by atoms with Crippen LogP contribution in [0.1, 0.15) is 13.8 Å². The second kappa shape index (κ2) is 3.89. The van der Waals surface area contributed by atoms with Crippen molar-refractivity contribution in [2.24, 2.45) is 5.73 Å². The Kier molecular flexibility index (Phi) is 3.44. The van der Waals surface area contributed by atoms with E-state index in [-0.39, 0.29) is 0 Å². The first-order valence-electron chi connectivity index (χ1n) is 2.76. The van der Waals surface area contributed by atoms with E-state index in [1.807, 2.05) is 6.92 Å². The van der Waals surface area contributed by atoms with Crippen LogP contribution in [0.2, 0.25) is 0 Å². The van der Waals surface area contributed by atoms with Crippen LogP contribution in [-0.4, -0.2) is 6.29 Å². The molecule has 0 aromatic heterocycles. The minimum atomic E-state index is 0.535. The summed E-state index contributed by atoms with van der Waals surface area (Å²) in [6.45, 7) is 3.53. The maximum Gasteiger partial charge on any atom is 0.147 e. The van der Waals surface area contributed by atoms with Crippen molar-refractivity contribution >= 4 is 6.29 Å². The minimum Gasteiger partial charge on any atom is -0.398 e. The monoisotopic (exact) mass is 125 g/mol. The summed E-state index contributed by atoms with van der Waals surface area (Å²) in [6.07, 6.45) is 4.24. The highest BCUT2D eigenvalue weighted by Crippen LogP contribution is 1.94. The molecule has 0 aromatic rings. The molecule has 0 saturated carbocycles. The standard InChI is InChI=1S/C7H11NO/c1-3-4-7(8)6(2)5-9/h3-5H,8H2,1-2H3/b4-3-,7-6-. The number of aldehydes is 1. The topological polar surface area (TPSA) is 43.1 Å². The van der Waals surface area contributed by atoms with Gasteiger partial charge in [0.1, 0.15) is 6.29 Å². The lowest BCUT2D eigenvalue weighted by Crippen LogP contribution is -1.97. The van der Waals surface area contributed by atoms with E-state index in [0.29, 0.717) is 11.3 Å². The maximum atomic E-state index is 10.0. The van der Waals surface area contributed by atoms with Gasteiger partial charge in [0.25, 0.3) is 0 Å². The Morgan fingerprint density at radius 3 is 2.44 bits per heavy atom. The van der Waals surface area contributed by atoms with Crippen LogP contribution >= 0.6 is 0 Å². The third-order valence-electron chi connectivity index (χ3n) is 0.978. The molecular formula is C7H11NO. The molecule has 0 saturated heterocycles. The molecule has 0 amide bonds. The van der Waals surface area contributed by atoms with Crippen molar-refractivity contribution in [1.29, 1.82) is 0 Å². The highest BCUT2D eigenvalue weighted by molar-refractivity contribution is 5.74. The first-order chi connectivity index (χ1) is 4.22. The Labute approximate surface area is 55.1 Å². The number of carbonyl (C=O) groups excluding carboxylic acids is 1. The SMILES string of the molecule is C/C=C\C(N)=C(/C)C=O. The quantitative estimate of drug-likeness (QED) is 0.340. The Morgan fingerprint density at radius 1 is 1.56 bits per heavy atom. The zero-order valence-electron chi connectivity index (χ0n) is 5.72. The van der Waals surface area contributed by atoms with Gasteiger partial charge in [-0.1, -0.05) is 6.08 Å². The molecule has 0 fully saturated rings. The van der Waals surface area contributed by atoms with Crippen LogP contribution in [0.25, 0.3) is 0 Å². The Bertz CT molecular complexity index is 156. The van der Waals surface area contributed by atoms with Gasteiger partial charge in [-0.25, -0.2) is 0 Å². The van der Waals surface area contributed by atoms with E-state index in [1.54, 1.807) is 19.1 Å². The van der Waals surface area contributed by atoms with Gasteiger partial charge in [0.05, 0.1) is 0 Å². The summed E-state index contributed by atoms with van der Waals surface area (Å²) < 4.78 is 0. The molecular weight excluding hydrogens is 114 g/mol. The van der Waals surface area contributed by atoms with Crippen LogP contribution in [0.5, 0.6) is 0 Å². The van der Waals surface area contributed by atoms with Crippen LogP contribution in [0.15, 0.2) is 23.4 Å². The smallest absolute Gasteiger partial charge is 0.147 e. The van der Waals surface area contributed by atoms with Gasteiger partial charge in [0, 0.05) is 11.3 Å². The molecule has 50 valence electrons. The highest BCUT2D eigenvalue weighted by Gasteiger charge is 1.87. The number of rotatable bonds is 2. The Balaban J connectivity index is 4.27. The molecule has 2 N–H and O–H groups in total. The average Bonchev–Trinajstić information content (AvgIpc) is 1.87. The Morgan fingerprint density at radius 2 is 2.11 bits per heavy atom. The molecule has 2 nitrogen and oxygen atoms in total. The second-order valence-electron chi connectivity index (χ2n) is 1.76. The normalized spacial score (nSPS) is 13.6. The second-order valence-corrected chi connectivity index (χ2v) is 1.76. The van der Waals surface area contributed by atoms with Gasteiger partial charge in [-0.2, -0.15) is 0 Å². The molecule has 0 heterocycles. The third kappa shape index (κ3) is 2.69. The highest BCUT2D eigenvalue weighted by atomic mass is 16.1. The van der Waals surface area contributed by atoms with E-state index in [9.17, 15) is 4.79 Å². The van der Waals surface area contributed by atoms with Crippen LogP contribution in [0, 0.1) is 0 Å². The van der Waals surface area contributed by atoms with Gasteiger partial charge in [0.15, 0.2) is 0 Å². The fraction of sp³-hybridized carbons (Fsp3) is 0.286. The van der Waals surface area contributed by atoms with Gasteiger partial charge < -0.3 is 5.73 Å². The molecule has 0 atom stereocenters. The van der Waals surface area contributed by atoms with Crippen LogP contribution in [0.4, 0.5) is 0 Å². The van der Waals surface area contributed by atoms with Gasteiger partial charge in [-0.05, 0) is 19.9 Å². The summed E-state index contributed by atoms with van der Waals surface area (Å²) in [5.41, 5.74) is 6.51. The molecule has 0 aliphatic rings. The molecule has 0 radical (unpaired) electrons. The van der Waals surface area contributed by atoms with Crippen molar-refractivity contribution in [2.75, 3.05) is 0 Å². The minimum absolute atomic E-state index is 0.535. The number of carbonyl (C=O) groups is 1. The molecule has 2 heteroatoms. The van der Waals surface area contributed by atoms with E-state index in [1.165, 1.54) is 0 Å². The predicted octanol–water partition coefficient (Wildman–Crippen LogP) is 0.994. The summed E-state index contributed by atoms with van der Waals surface area (Å²) in [6, 6.07) is 0. The number of hydrogen-bond acceptors (Lipinski definition) is 2. The lowest BCUT2D eigenvalue weighted by Gasteiger charge is -1.91. The van der Waals surface area contributed by atoms with E-state index >= 15 is 0 Å². The van der Waals surface area contributed by atoms with Crippen molar-refractivity contribution in [3.8, 4) is 0 Å². The fourth-order valence-corrected chi connectivity index (χ4v) is 0.379. The van der Waals surface area contributed by atoms with E-state index < -0.39 is 0 Å².